The van der Waals surface area contributed by atoms with Crippen LogP contribution in [0.5, 0.6) is 0 Å². The number of hydrogen-bond acceptors (Lipinski definition) is 5. The van der Waals surface area contributed by atoms with E-state index >= 15 is 0 Å². The van der Waals surface area contributed by atoms with Crippen LogP contribution < -0.4 is 10.6 Å². The summed E-state index contributed by atoms with van der Waals surface area (Å²) in [6.45, 7) is -0.358. The molecule has 134 valence electrons. The van der Waals surface area contributed by atoms with Gasteiger partial charge in [-0.05, 0) is 19.3 Å². The monoisotopic (exact) mass is 357 g/mol. The van der Waals surface area contributed by atoms with Gasteiger partial charge in [0.05, 0.1) is 11.5 Å². The number of sulfone groups is 1. The molecule has 3 rings (SSSR count). The van der Waals surface area contributed by atoms with Crippen LogP contribution in [0.15, 0.2) is 0 Å². The highest BCUT2D eigenvalue weighted by atomic mass is 32.2. The lowest BCUT2D eigenvalue weighted by Gasteiger charge is -2.24. The highest BCUT2D eigenvalue weighted by Crippen LogP contribution is 2.32. The average Bonchev–Trinajstić information content (AvgIpc) is 2.82. The minimum atomic E-state index is -3.09. The van der Waals surface area contributed by atoms with E-state index in [2.05, 4.69) is 10.6 Å². The molecule has 2 N–H and O–H groups in total. The summed E-state index contributed by atoms with van der Waals surface area (Å²) in [6, 6.07) is -0.966. The van der Waals surface area contributed by atoms with Crippen LogP contribution in [0.3, 0.4) is 0 Å². The second-order valence-electron chi connectivity index (χ2n) is 6.99. The first-order valence-electron chi connectivity index (χ1n) is 8.45. The number of hydrogen-bond donors (Lipinski definition) is 2. The van der Waals surface area contributed by atoms with Gasteiger partial charge in [-0.2, -0.15) is 0 Å². The van der Waals surface area contributed by atoms with Crippen molar-refractivity contribution in [3.63, 3.8) is 0 Å². The molecule has 2 saturated heterocycles. The fourth-order valence-electron chi connectivity index (χ4n) is 3.82. The average molecular weight is 357 g/mol. The van der Waals surface area contributed by atoms with Crippen molar-refractivity contribution in [3.05, 3.63) is 0 Å². The highest BCUT2D eigenvalue weighted by molar-refractivity contribution is 7.91. The maximum Gasteiger partial charge on any atom is 0.325 e. The van der Waals surface area contributed by atoms with Crippen LogP contribution in [0.1, 0.15) is 44.9 Å². The SMILES string of the molecule is O=C(CN1C(=O)NC2(CCCCCC2)C1=O)NC1CCS(=O)(=O)C1. The van der Waals surface area contributed by atoms with Crippen LogP contribution in [0, 0.1) is 0 Å². The molecular formula is C15H23N3O5S. The van der Waals surface area contributed by atoms with E-state index < -0.39 is 33.4 Å². The Kier molecular flexibility index (Phi) is 4.54. The van der Waals surface area contributed by atoms with Gasteiger partial charge in [0, 0.05) is 6.04 Å². The van der Waals surface area contributed by atoms with Crippen molar-refractivity contribution in [2.75, 3.05) is 18.1 Å². The first-order valence-corrected chi connectivity index (χ1v) is 10.3. The lowest BCUT2D eigenvalue weighted by atomic mass is 9.90. The van der Waals surface area contributed by atoms with Crippen molar-refractivity contribution < 1.29 is 22.8 Å². The van der Waals surface area contributed by atoms with E-state index in [0.717, 1.165) is 30.6 Å². The molecule has 24 heavy (non-hydrogen) atoms. The quantitative estimate of drug-likeness (QED) is 0.687. The van der Waals surface area contributed by atoms with Crippen molar-refractivity contribution in [1.82, 2.24) is 15.5 Å². The lowest BCUT2D eigenvalue weighted by molar-refractivity contribution is -0.135. The number of nitrogens with one attached hydrogen (secondary N) is 2. The third kappa shape index (κ3) is 3.40. The minimum Gasteiger partial charge on any atom is -0.351 e. The summed E-state index contributed by atoms with van der Waals surface area (Å²) < 4.78 is 22.9. The van der Waals surface area contributed by atoms with Gasteiger partial charge in [0.2, 0.25) is 5.91 Å². The van der Waals surface area contributed by atoms with Gasteiger partial charge < -0.3 is 10.6 Å². The van der Waals surface area contributed by atoms with Gasteiger partial charge in [-0.15, -0.1) is 0 Å². The van der Waals surface area contributed by atoms with E-state index in [1.165, 1.54) is 0 Å². The first kappa shape index (κ1) is 17.2. The molecule has 3 aliphatic rings. The van der Waals surface area contributed by atoms with E-state index in [1.54, 1.807) is 0 Å². The normalized spacial score (nSPS) is 28.7. The van der Waals surface area contributed by atoms with Gasteiger partial charge in [0.15, 0.2) is 9.84 Å². The van der Waals surface area contributed by atoms with Crippen LogP contribution in [0.4, 0.5) is 4.79 Å². The van der Waals surface area contributed by atoms with Crippen molar-refractivity contribution in [1.29, 1.82) is 0 Å². The molecule has 1 atom stereocenters. The number of rotatable bonds is 3. The molecule has 2 aliphatic heterocycles. The fraction of sp³-hybridized carbons (Fsp3) is 0.800. The molecule has 0 aromatic carbocycles. The maximum absolute atomic E-state index is 12.7. The molecule has 4 amide bonds. The molecule has 1 aliphatic carbocycles. The Morgan fingerprint density at radius 2 is 1.88 bits per heavy atom. The fourth-order valence-corrected chi connectivity index (χ4v) is 5.49. The second kappa shape index (κ2) is 6.34. The van der Waals surface area contributed by atoms with E-state index in [9.17, 15) is 22.8 Å². The zero-order chi connectivity index (χ0) is 17.4. The summed E-state index contributed by atoms with van der Waals surface area (Å²) in [5.41, 5.74) is -0.857. The summed E-state index contributed by atoms with van der Waals surface area (Å²) in [5.74, 6) is -0.845. The van der Waals surface area contributed by atoms with Crippen LogP contribution >= 0.6 is 0 Å². The number of urea groups is 1. The van der Waals surface area contributed by atoms with E-state index in [1.807, 2.05) is 0 Å². The topological polar surface area (TPSA) is 113 Å². The summed E-state index contributed by atoms with van der Waals surface area (Å²) in [6.07, 6.45) is 5.44. The summed E-state index contributed by atoms with van der Waals surface area (Å²) in [5, 5.41) is 5.40. The summed E-state index contributed by atoms with van der Waals surface area (Å²) in [7, 11) is -3.09. The van der Waals surface area contributed by atoms with Crippen LogP contribution in [0.25, 0.3) is 0 Å². The van der Waals surface area contributed by atoms with Crippen molar-refractivity contribution in [2.45, 2.75) is 56.5 Å². The van der Waals surface area contributed by atoms with Crippen molar-refractivity contribution in [3.8, 4) is 0 Å². The van der Waals surface area contributed by atoms with Crippen molar-refractivity contribution >= 4 is 27.7 Å². The molecule has 0 radical (unpaired) electrons. The molecular weight excluding hydrogens is 334 g/mol. The molecule has 1 unspecified atom stereocenters. The molecule has 1 saturated carbocycles. The van der Waals surface area contributed by atoms with Crippen LogP contribution in [0.2, 0.25) is 0 Å². The van der Waals surface area contributed by atoms with Gasteiger partial charge in [-0.25, -0.2) is 13.2 Å². The van der Waals surface area contributed by atoms with Crippen LogP contribution in [-0.4, -0.2) is 60.8 Å². The number of imide groups is 1. The van der Waals surface area contributed by atoms with Gasteiger partial charge in [-0.1, -0.05) is 25.7 Å². The number of carbonyl (C=O) groups is 3. The molecule has 0 bridgehead atoms. The Balaban J connectivity index is 1.61. The van der Waals surface area contributed by atoms with Gasteiger partial charge in [0.25, 0.3) is 5.91 Å². The maximum atomic E-state index is 12.7. The van der Waals surface area contributed by atoms with Gasteiger partial charge in [-0.3, -0.25) is 14.5 Å². The standard InChI is InChI=1S/C15H23N3O5S/c19-12(16-11-5-8-24(22,23)10-11)9-18-13(20)15(17-14(18)21)6-3-1-2-4-7-15/h11H,1-10H2,(H,16,19)(H,17,21). The molecule has 8 nitrogen and oxygen atoms in total. The molecule has 3 fully saturated rings. The second-order valence-corrected chi connectivity index (χ2v) is 9.21. The predicted octanol–water partition coefficient (Wildman–Crippen LogP) is -0.0655. The Bertz CT molecular complexity index is 652. The van der Waals surface area contributed by atoms with E-state index in [4.69, 9.17) is 0 Å². The van der Waals surface area contributed by atoms with E-state index in [-0.39, 0.29) is 24.0 Å². The first-order chi connectivity index (χ1) is 11.3. The summed E-state index contributed by atoms with van der Waals surface area (Å²) in [4.78, 5) is 37.9. The zero-order valence-electron chi connectivity index (χ0n) is 13.5. The van der Waals surface area contributed by atoms with Gasteiger partial charge in [0.1, 0.15) is 12.1 Å². The predicted molar refractivity (Wildman–Crippen MR) is 85.9 cm³/mol. The summed E-state index contributed by atoms with van der Waals surface area (Å²) >= 11 is 0. The number of nitrogens with zero attached hydrogens (tertiary/aromatic N) is 1. The Hall–Kier alpha value is -1.64. The Morgan fingerprint density at radius 1 is 1.21 bits per heavy atom. The largest absolute Gasteiger partial charge is 0.351 e. The molecule has 9 heteroatoms. The third-order valence-electron chi connectivity index (χ3n) is 5.10. The Morgan fingerprint density at radius 3 is 2.46 bits per heavy atom. The molecule has 0 aromatic rings. The van der Waals surface area contributed by atoms with Crippen molar-refractivity contribution in [2.24, 2.45) is 0 Å². The minimum absolute atomic E-state index is 0.0597. The zero-order valence-corrected chi connectivity index (χ0v) is 14.4. The molecule has 2 heterocycles. The van der Waals surface area contributed by atoms with E-state index in [0.29, 0.717) is 19.3 Å². The third-order valence-corrected chi connectivity index (χ3v) is 6.87. The number of carbonyl (C=O) groups excluding carboxylic acids is 3. The molecule has 1 spiro atoms. The number of amides is 4. The Labute approximate surface area is 141 Å². The van der Waals surface area contributed by atoms with Gasteiger partial charge >= 0.3 is 6.03 Å². The molecule has 0 aromatic heterocycles. The highest BCUT2D eigenvalue weighted by Gasteiger charge is 2.51. The van der Waals surface area contributed by atoms with Crippen LogP contribution in [-0.2, 0) is 19.4 Å². The smallest absolute Gasteiger partial charge is 0.325 e. The lowest BCUT2D eigenvalue weighted by Crippen LogP contribution is -2.48.